The normalized spacial score (nSPS) is 12.6. The molecule has 0 aliphatic heterocycles. The summed E-state index contributed by atoms with van der Waals surface area (Å²) in [5.41, 5.74) is 1.11. The van der Waals surface area contributed by atoms with Crippen LogP contribution in [0.2, 0.25) is 0 Å². The van der Waals surface area contributed by atoms with Gasteiger partial charge in [0, 0.05) is 11.1 Å². The van der Waals surface area contributed by atoms with E-state index in [-0.39, 0.29) is 11.3 Å². The number of carbonyl (C=O) groups excluding carboxylic acids is 1. The van der Waals surface area contributed by atoms with Crippen molar-refractivity contribution in [2.45, 2.75) is 25.1 Å². The number of thiophene rings is 1. The van der Waals surface area contributed by atoms with Gasteiger partial charge in [0.15, 0.2) is 0 Å². The van der Waals surface area contributed by atoms with Crippen LogP contribution in [0.15, 0.2) is 29.6 Å². The Morgan fingerprint density at radius 1 is 1.44 bits per heavy atom. The Bertz CT molecular complexity index is 535. The van der Waals surface area contributed by atoms with E-state index >= 15 is 0 Å². The molecule has 0 N–H and O–H groups in total. The van der Waals surface area contributed by atoms with Gasteiger partial charge in [-0.3, -0.25) is 4.79 Å². The fraction of sp³-hybridized carbons (Fsp3) is 0.357. The predicted octanol–water partition coefficient (Wildman–Crippen LogP) is 4.52. The Kier molecular flexibility index (Phi) is 4.61. The number of fused-ring (bicyclic) bond motifs is 1. The van der Waals surface area contributed by atoms with E-state index in [1.807, 2.05) is 19.1 Å². The lowest BCUT2D eigenvalue weighted by atomic mass is 10.1. The molecule has 2 rings (SSSR count). The third kappa shape index (κ3) is 3.03. The molecule has 0 bridgehead atoms. The van der Waals surface area contributed by atoms with Crippen LogP contribution in [0.3, 0.4) is 0 Å². The first-order valence-electron chi connectivity index (χ1n) is 5.98. The molecule has 0 radical (unpaired) electrons. The molecular weight excluding hydrogens is 268 g/mol. The molecule has 0 aliphatic rings. The molecule has 96 valence electrons. The van der Waals surface area contributed by atoms with Crippen LogP contribution < -0.4 is 0 Å². The number of esters is 1. The van der Waals surface area contributed by atoms with Crippen molar-refractivity contribution in [3.63, 3.8) is 0 Å². The van der Waals surface area contributed by atoms with Gasteiger partial charge in [-0.1, -0.05) is 18.2 Å². The van der Waals surface area contributed by atoms with Crippen molar-refractivity contribution in [3.8, 4) is 0 Å². The minimum atomic E-state index is -0.178. The summed E-state index contributed by atoms with van der Waals surface area (Å²) in [5, 5.41) is 3.13. The fourth-order valence-electron chi connectivity index (χ4n) is 1.87. The van der Waals surface area contributed by atoms with Crippen molar-refractivity contribution in [3.05, 3.63) is 35.2 Å². The van der Waals surface area contributed by atoms with Gasteiger partial charge in [0.25, 0.3) is 0 Å². The average Bonchev–Trinajstić information content (AvgIpc) is 2.80. The molecule has 0 saturated heterocycles. The van der Waals surface area contributed by atoms with Crippen LogP contribution in [0.1, 0.15) is 30.7 Å². The third-order valence-corrected chi connectivity index (χ3v) is 4.19. The highest BCUT2D eigenvalue weighted by atomic mass is 35.5. The van der Waals surface area contributed by atoms with Crippen LogP contribution in [-0.4, -0.2) is 12.6 Å². The molecule has 1 heterocycles. The predicted molar refractivity (Wildman–Crippen MR) is 76.3 cm³/mol. The van der Waals surface area contributed by atoms with E-state index in [2.05, 4.69) is 17.5 Å². The zero-order valence-corrected chi connectivity index (χ0v) is 11.8. The Morgan fingerprint density at radius 3 is 3.00 bits per heavy atom. The van der Waals surface area contributed by atoms with Gasteiger partial charge in [-0.05, 0) is 35.7 Å². The molecule has 2 nitrogen and oxygen atoms in total. The SMILES string of the molecule is CCOC(=O)CC[C@@H](Cl)c1csc2ccccc12. The van der Waals surface area contributed by atoms with Crippen molar-refractivity contribution < 1.29 is 9.53 Å². The smallest absolute Gasteiger partial charge is 0.305 e. The van der Waals surface area contributed by atoms with E-state index in [9.17, 15) is 4.79 Å². The van der Waals surface area contributed by atoms with Gasteiger partial charge in [0.1, 0.15) is 0 Å². The molecule has 0 fully saturated rings. The zero-order valence-electron chi connectivity index (χ0n) is 10.2. The number of benzene rings is 1. The first kappa shape index (κ1) is 13.4. The Balaban J connectivity index is 2.05. The standard InChI is InChI=1S/C14H15ClO2S/c1-2-17-14(16)8-7-12(15)11-9-18-13-6-4-3-5-10(11)13/h3-6,9,12H,2,7-8H2,1H3/t12-/m1/s1. The molecule has 2 aromatic rings. The number of halogens is 1. The quantitative estimate of drug-likeness (QED) is 0.595. The van der Waals surface area contributed by atoms with E-state index in [0.717, 1.165) is 5.56 Å². The fourth-order valence-corrected chi connectivity index (χ4v) is 3.25. The summed E-state index contributed by atoms with van der Waals surface area (Å²) in [4.78, 5) is 11.3. The monoisotopic (exact) mass is 282 g/mol. The van der Waals surface area contributed by atoms with E-state index in [0.29, 0.717) is 19.4 Å². The van der Waals surface area contributed by atoms with Crippen molar-refractivity contribution in [1.29, 1.82) is 0 Å². The van der Waals surface area contributed by atoms with E-state index in [4.69, 9.17) is 16.3 Å². The maximum Gasteiger partial charge on any atom is 0.305 e. The number of alkyl halides is 1. The van der Waals surface area contributed by atoms with Gasteiger partial charge in [-0.15, -0.1) is 22.9 Å². The molecule has 18 heavy (non-hydrogen) atoms. The highest BCUT2D eigenvalue weighted by Gasteiger charge is 2.15. The summed E-state index contributed by atoms with van der Waals surface area (Å²) < 4.78 is 6.13. The molecule has 4 heteroatoms. The molecular formula is C14H15ClO2S. The molecule has 0 aliphatic carbocycles. The molecule has 1 atom stereocenters. The Morgan fingerprint density at radius 2 is 2.22 bits per heavy atom. The highest BCUT2D eigenvalue weighted by molar-refractivity contribution is 7.17. The summed E-state index contributed by atoms with van der Waals surface area (Å²) in [6.07, 6.45) is 0.979. The first-order chi connectivity index (χ1) is 8.72. The van der Waals surface area contributed by atoms with Crippen LogP contribution in [0.25, 0.3) is 10.1 Å². The average molecular weight is 283 g/mol. The molecule has 1 aromatic carbocycles. The molecule has 0 unspecified atom stereocenters. The second kappa shape index (κ2) is 6.21. The van der Waals surface area contributed by atoms with Gasteiger partial charge < -0.3 is 4.74 Å². The number of rotatable bonds is 5. The second-order valence-corrected chi connectivity index (χ2v) is 5.44. The lowest BCUT2D eigenvalue weighted by molar-refractivity contribution is -0.143. The van der Waals surface area contributed by atoms with Gasteiger partial charge in [-0.25, -0.2) is 0 Å². The van der Waals surface area contributed by atoms with Crippen molar-refractivity contribution >= 4 is 39.0 Å². The molecule has 1 aromatic heterocycles. The Hall–Kier alpha value is -1.06. The van der Waals surface area contributed by atoms with Crippen molar-refractivity contribution in [2.75, 3.05) is 6.61 Å². The highest BCUT2D eigenvalue weighted by Crippen LogP contribution is 2.35. The largest absolute Gasteiger partial charge is 0.466 e. The minimum Gasteiger partial charge on any atom is -0.466 e. The third-order valence-electron chi connectivity index (χ3n) is 2.76. The van der Waals surface area contributed by atoms with Crippen molar-refractivity contribution in [2.24, 2.45) is 0 Å². The van der Waals surface area contributed by atoms with E-state index in [1.165, 1.54) is 10.1 Å². The lowest BCUT2D eigenvalue weighted by Gasteiger charge is -2.08. The second-order valence-electron chi connectivity index (χ2n) is 4.00. The minimum absolute atomic E-state index is 0.134. The van der Waals surface area contributed by atoms with Crippen LogP contribution in [0, 0.1) is 0 Å². The number of hydrogen-bond donors (Lipinski definition) is 0. The number of carbonyl (C=O) groups is 1. The summed E-state index contributed by atoms with van der Waals surface area (Å²) in [6, 6.07) is 8.18. The van der Waals surface area contributed by atoms with E-state index < -0.39 is 0 Å². The first-order valence-corrected chi connectivity index (χ1v) is 7.29. The van der Waals surface area contributed by atoms with Gasteiger partial charge in [-0.2, -0.15) is 0 Å². The number of ether oxygens (including phenoxy) is 1. The van der Waals surface area contributed by atoms with Gasteiger partial charge in [0.05, 0.1) is 12.0 Å². The summed E-state index contributed by atoms with van der Waals surface area (Å²) in [7, 11) is 0. The molecule has 0 amide bonds. The van der Waals surface area contributed by atoms with Crippen LogP contribution in [0.5, 0.6) is 0 Å². The Labute approximate surface area is 116 Å². The van der Waals surface area contributed by atoms with Crippen LogP contribution >= 0.6 is 22.9 Å². The lowest BCUT2D eigenvalue weighted by Crippen LogP contribution is -2.04. The molecule has 0 spiro atoms. The van der Waals surface area contributed by atoms with Gasteiger partial charge >= 0.3 is 5.97 Å². The van der Waals surface area contributed by atoms with Crippen molar-refractivity contribution in [1.82, 2.24) is 0 Å². The number of hydrogen-bond acceptors (Lipinski definition) is 3. The summed E-state index contributed by atoms with van der Waals surface area (Å²) in [5.74, 6) is -0.178. The molecule has 0 saturated carbocycles. The van der Waals surface area contributed by atoms with Crippen LogP contribution in [0.4, 0.5) is 0 Å². The van der Waals surface area contributed by atoms with Gasteiger partial charge in [0.2, 0.25) is 0 Å². The van der Waals surface area contributed by atoms with E-state index in [1.54, 1.807) is 11.3 Å². The van der Waals surface area contributed by atoms with Crippen LogP contribution in [-0.2, 0) is 9.53 Å². The maximum atomic E-state index is 11.3. The summed E-state index contributed by atoms with van der Waals surface area (Å²) in [6.45, 7) is 2.23. The topological polar surface area (TPSA) is 26.3 Å². The summed E-state index contributed by atoms with van der Waals surface area (Å²) >= 11 is 8.06. The maximum absolute atomic E-state index is 11.3. The zero-order chi connectivity index (χ0) is 13.0.